The van der Waals surface area contributed by atoms with Gasteiger partial charge < -0.3 is 10.4 Å². The molecule has 1 saturated heterocycles. The fraction of sp³-hybridized carbons (Fsp3) is 0.571. The van der Waals surface area contributed by atoms with Crippen molar-refractivity contribution in [3.05, 3.63) is 29.3 Å². The maximum absolute atomic E-state index is 9.92. The van der Waals surface area contributed by atoms with Gasteiger partial charge >= 0.3 is 0 Å². The van der Waals surface area contributed by atoms with Crippen LogP contribution < -0.4 is 5.32 Å². The Balaban J connectivity index is 2.36. The van der Waals surface area contributed by atoms with Gasteiger partial charge in [0.15, 0.2) is 0 Å². The van der Waals surface area contributed by atoms with Gasteiger partial charge in [0.2, 0.25) is 0 Å². The fourth-order valence-corrected chi connectivity index (χ4v) is 2.25. The maximum atomic E-state index is 9.92. The average molecular weight is 219 g/mol. The van der Waals surface area contributed by atoms with Crippen molar-refractivity contribution in [2.24, 2.45) is 0 Å². The molecule has 0 aliphatic carbocycles. The summed E-state index contributed by atoms with van der Waals surface area (Å²) in [6, 6.07) is 6.34. The Morgan fingerprint density at radius 3 is 2.62 bits per heavy atom. The standard InChI is InChI=1S/C14H21NO/c1-14(2,3)10-6-7-13(16)11(9-10)12-5-4-8-15-12/h6-7,9,12,15-16H,4-5,8H2,1-3H3. The summed E-state index contributed by atoms with van der Waals surface area (Å²) in [7, 11) is 0. The van der Waals surface area contributed by atoms with E-state index in [9.17, 15) is 5.11 Å². The first-order valence-corrected chi connectivity index (χ1v) is 6.05. The van der Waals surface area contributed by atoms with E-state index in [0.717, 1.165) is 18.5 Å². The van der Waals surface area contributed by atoms with Crippen molar-refractivity contribution in [3.63, 3.8) is 0 Å². The van der Waals surface area contributed by atoms with E-state index >= 15 is 0 Å². The number of rotatable bonds is 1. The Hall–Kier alpha value is -1.02. The smallest absolute Gasteiger partial charge is 0.120 e. The summed E-state index contributed by atoms with van der Waals surface area (Å²) in [5.41, 5.74) is 2.49. The van der Waals surface area contributed by atoms with Gasteiger partial charge in [-0.05, 0) is 36.4 Å². The van der Waals surface area contributed by atoms with E-state index in [0.29, 0.717) is 11.8 Å². The molecule has 0 radical (unpaired) electrons. The maximum Gasteiger partial charge on any atom is 0.120 e. The third kappa shape index (κ3) is 2.22. The quantitative estimate of drug-likeness (QED) is 0.760. The van der Waals surface area contributed by atoms with Gasteiger partial charge in [0, 0.05) is 11.6 Å². The summed E-state index contributed by atoms with van der Waals surface area (Å²) in [5, 5.41) is 13.4. The summed E-state index contributed by atoms with van der Waals surface area (Å²) in [6.07, 6.45) is 2.32. The van der Waals surface area contributed by atoms with Crippen LogP contribution in [0.3, 0.4) is 0 Å². The summed E-state index contributed by atoms with van der Waals surface area (Å²) in [4.78, 5) is 0. The van der Waals surface area contributed by atoms with Crippen LogP contribution in [0.1, 0.15) is 50.8 Å². The van der Waals surface area contributed by atoms with Gasteiger partial charge in [0.05, 0.1) is 0 Å². The molecule has 0 amide bonds. The molecule has 1 unspecified atom stereocenters. The average Bonchev–Trinajstić information content (AvgIpc) is 2.69. The molecular weight excluding hydrogens is 198 g/mol. The van der Waals surface area contributed by atoms with E-state index in [1.54, 1.807) is 0 Å². The lowest BCUT2D eigenvalue weighted by molar-refractivity contribution is 0.455. The molecule has 1 heterocycles. The molecule has 1 fully saturated rings. The van der Waals surface area contributed by atoms with Crippen LogP contribution in [0.2, 0.25) is 0 Å². The minimum atomic E-state index is 0.140. The molecule has 1 aromatic rings. The SMILES string of the molecule is CC(C)(C)c1ccc(O)c(C2CCCN2)c1. The molecule has 1 aliphatic heterocycles. The predicted octanol–water partition coefficient (Wildman–Crippen LogP) is 3.11. The van der Waals surface area contributed by atoms with Crippen LogP contribution in [0, 0.1) is 0 Å². The van der Waals surface area contributed by atoms with Gasteiger partial charge in [-0.25, -0.2) is 0 Å². The first-order valence-electron chi connectivity index (χ1n) is 6.05. The molecule has 1 aromatic carbocycles. The van der Waals surface area contributed by atoms with Crippen molar-refractivity contribution in [1.29, 1.82) is 0 Å². The topological polar surface area (TPSA) is 32.3 Å². The third-order valence-electron chi connectivity index (χ3n) is 3.33. The van der Waals surface area contributed by atoms with Crippen molar-refractivity contribution in [2.45, 2.75) is 45.1 Å². The van der Waals surface area contributed by atoms with E-state index < -0.39 is 0 Å². The van der Waals surface area contributed by atoms with Crippen LogP contribution in [0.4, 0.5) is 0 Å². The number of nitrogens with one attached hydrogen (secondary N) is 1. The Morgan fingerprint density at radius 1 is 1.31 bits per heavy atom. The lowest BCUT2D eigenvalue weighted by Gasteiger charge is -2.22. The number of hydrogen-bond acceptors (Lipinski definition) is 2. The zero-order chi connectivity index (χ0) is 11.8. The lowest BCUT2D eigenvalue weighted by Crippen LogP contribution is -2.16. The van der Waals surface area contributed by atoms with Gasteiger partial charge in [-0.3, -0.25) is 0 Å². The Kier molecular flexibility index (Phi) is 2.94. The molecular formula is C14H21NO. The largest absolute Gasteiger partial charge is 0.508 e. The fourth-order valence-electron chi connectivity index (χ4n) is 2.25. The minimum absolute atomic E-state index is 0.140. The van der Waals surface area contributed by atoms with E-state index in [-0.39, 0.29) is 5.41 Å². The highest BCUT2D eigenvalue weighted by Gasteiger charge is 2.22. The highest BCUT2D eigenvalue weighted by Crippen LogP contribution is 2.34. The Labute approximate surface area is 97.7 Å². The van der Waals surface area contributed by atoms with Crippen LogP contribution in [0.25, 0.3) is 0 Å². The van der Waals surface area contributed by atoms with Gasteiger partial charge in [-0.1, -0.05) is 32.9 Å². The summed E-state index contributed by atoms with van der Waals surface area (Å²) in [6.45, 7) is 7.66. The molecule has 88 valence electrons. The lowest BCUT2D eigenvalue weighted by atomic mass is 9.85. The van der Waals surface area contributed by atoms with E-state index in [1.807, 2.05) is 12.1 Å². The number of aromatic hydroxyl groups is 1. The number of benzene rings is 1. The molecule has 2 nitrogen and oxygen atoms in total. The predicted molar refractivity (Wildman–Crippen MR) is 66.8 cm³/mol. The van der Waals surface area contributed by atoms with Crippen molar-refractivity contribution < 1.29 is 5.11 Å². The molecule has 1 atom stereocenters. The van der Waals surface area contributed by atoms with Crippen LogP contribution >= 0.6 is 0 Å². The minimum Gasteiger partial charge on any atom is -0.508 e. The third-order valence-corrected chi connectivity index (χ3v) is 3.33. The molecule has 2 rings (SSSR count). The second-order valence-electron chi connectivity index (χ2n) is 5.67. The molecule has 2 N–H and O–H groups in total. The molecule has 1 aliphatic rings. The number of phenols is 1. The highest BCUT2D eigenvalue weighted by atomic mass is 16.3. The first-order chi connectivity index (χ1) is 7.48. The van der Waals surface area contributed by atoms with Gasteiger partial charge in [0.25, 0.3) is 0 Å². The zero-order valence-corrected chi connectivity index (χ0v) is 10.4. The van der Waals surface area contributed by atoms with Crippen LogP contribution in [-0.4, -0.2) is 11.7 Å². The van der Waals surface area contributed by atoms with E-state index in [2.05, 4.69) is 32.2 Å². The van der Waals surface area contributed by atoms with E-state index in [1.165, 1.54) is 12.0 Å². The second-order valence-corrected chi connectivity index (χ2v) is 5.67. The molecule has 0 aromatic heterocycles. The molecule has 0 bridgehead atoms. The normalized spacial score (nSPS) is 21.3. The molecule has 0 saturated carbocycles. The highest BCUT2D eigenvalue weighted by molar-refractivity contribution is 5.41. The summed E-state index contributed by atoms with van der Waals surface area (Å²) < 4.78 is 0. The molecule has 2 heteroatoms. The summed E-state index contributed by atoms with van der Waals surface area (Å²) in [5.74, 6) is 0.424. The van der Waals surface area contributed by atoms with Crippen molar-refractivity contribution in [2.75, 3.05) is 6.54 Å². The van der Waals surface area contributed by atoms with Crippen molar-refractivity contribution in [1.82, 2.24) is 5.32 Å². The molecule has 16 heavy (non-hydrogen) atoms. The molecule has 0 spiro atoms. The van der Waals surface area contributed by atoms with Crippen LogP contribution in [0.15, 0.2) is 18.2 Å². The second kappa shape index (κ2) is 4.10. The van der Waals surface area contributed by atoms with Crippen molar-refractivity contribution >= 4 is 0 Å². The zero-order valence-electron chi connectivity index (χ0n) is 10.4. The monoisotopic (exact) mass is 219 g/mol. The Bertz CT molecular complexity index is 373. The van der Waals surface area contributed by atoms with E-state index in [4.69, 9.17) is 0 Å². The Morgan fingerprint density at radius 2 is 2.06 bits per heavy atom. The number of phenolic OH excluding ortho intramolecular Hbond substituents is 1. The number of hydrogen-bond donors (Lipinski definition) is 2. The van der Waals surface area contributed by atoms with Crippen molar-refractivity contribution in [3.8, 4) is 5.75 Å². The van der Waals surface area contributed by atoms with Gasteiger partial charge in [0.1, 0.15) is 5.75 Å². The first kappa shape index (κ1) is 11.5. The van der Waals surface area contributed by atoms with Gasteiger partial charge in [-0.2, -0.15) is 0 Å². The summed E-state index contributed by atoms with van der Waals surface area (Å²) >= 11 is 0. The van der Waals surface area contributed by atoms with Gasteiger partial charge in [-0.15, -0.1) is 0 Å². The van der Waals surface area contributed by atoms with Crippen LogP contribution in [0.5, 0.6) is 5.75 Å². The van der Waals surface area contributed by atoms with Crippen LogP contribution in [-0.2, 0) is 5.41 Å².